The van der Waals surface area contributed by atoms with Gasteiger partial charge in [-0.25, -0.2) is 0 Å². The smallest absolute Gasteiger partial charge is 0.123 e. The summed E-state index contributed by atoms with van der Waals surface area (Å²) in [6.45, 7) is 0. The average molecular weight is 303 g/mol. The molecule has 4 heteroatoms. The molecule has 3 aromatic rings. The molecule has 1 unspecified atom stereocenters. The third-order valence-electron chi connectivity index (χ3n) is 2.94. The SMILES string of the molecule is OC(c1ccccn1)c1c[nH]c2cc(Br)ccc12. The molecule has 3 nitrogen and oxygen atoms in total. The first-order valence-corrected chi connectivity index (χ1v) is 6.40. The standard InChI is InChI=1S/C14H11BrN2O/c15-9-4-5-10-11(8-17-13(10)7-9)14(18)12-3-1-2-6-16-12/h1-8,14,17-18H. The number of aromatic amines is 1. The number of fused-ring (bicyclic) bond motifs is 1. The number of aromatic nitrogens is 2. The number of rotatable bonds is 2. The normalized spacial score (nSPS) is 12.8. The zero-order chi connectivity index (χ0) is 12.5. The lowest BCUT2D eigenvalue weighted by molar-refractivity contribution is 0.217. The quantitative estimate of drug-likeness (QED) is 0.762. The van der Waals surface area contributed by atoms with Crippen LogP contribution in [0.1, 0.15) is 17.4 Å². The zero-order valence-corrected chi connectivity index (χ0v) is 11.1. The van der Waals surface area contributed by atoms with E-state index in [2.05, 4.69) is 25.9 Å². The Labute approximate surface area is 113 Å². The van der Waals surface area contributed by atoms with Crippen LogP contribution in [0.3, 0.4) is 0 Å². The van der Waals surface area contributed by atoms with Gasteiger partial charge in [0, 0.05) is 33.3 Å². The molecule has 2 heterocycles. The first-order valence-electron chi connectivity index (χ1n) is 5.61. The van der Waals surface area contributed by atoms with Crippen LogP contribution >= 0.6 is 15.9 Å². The minimum Gasteiger partial charge on any atom is -0.382 e. The molecule has 0 bridgehead atoms. The predicted molar refractivity (Wildman–Crippen MR) is 74.3 cm³/mol. The van der Waals surface area contributed by atoms with Gasteiger partial charge in [-0.2, -0.15) is 0 Å². The van der Waals surface area contributed by atoms with E-state index in [0.717, 1.165) is 20.9 Å². The van der Waals surface area contributed by atoms with E-state index >= 15 is 0 Å². The highest BCUT2D eigenvalue weighted by Gasteiger charge is 2.15. The maximum Gasteiger partial charge on any atom is 0.123 e. The molecular weight excluding hydrogens is 292 g/mol. The molecule has 1 atom stereocenters. The molecular formula is C14H11BrN2O. The molecule has 0 amide bonds. The van der Waals surface area contributed by atoms with E-state index in [-0.39, 0.29) is 0 Å². The molecule has 18 heavy (non-hydrogen) atoms. The Morgan fingerprint density at radius 3 is 2.89 bits per heavy atom. The van der Waals surface area contributed by atoms with E-state index in [9.17, 15) is 5.11 Å². The fourth-order valence-electron chi connectivity index (χ4n) is 2.04. The molecule has 0 aliphatic rings. The van der Waals surface area contributed by atoms with Crippen molar-refractivity contribution < 1.29 is 5.11 Å². The van der Waals surface area contributed by atoms with Gasteiger partial charge in [-0.1, -0.05) is 28.1 Å². The van der Waals surface area contributed by atoms with Gasteiger partial charge in [0.15, 0.2) is 0 Å². The summed E-state index contributed by atoms with van der Waals surface area (Å²) in [5, 5.41) is 11.4. The first kappa shape index (κ1) is 11.4. The molecule has 90 valence electrons. The second kappa shape index (κ2) is 4.55. The molecule has 3 rings (SSSR count). The molecule has 0 saturated heterocycles. The summed E-state index contributed by atoms with van der Waals surface area (Å²) in [5.41, 5.74) is 2.49. The minimum atomic E-state index is -0.707. The van der Waals surface area contributed by atoms with Crippen molar-refractivity contribution >= 4 is 26.8 Å². The highest BCUT2D eigenvalue weighted by Crippen LogP contribution is 2.29. The average Bonchev–Trinajstić information content (AvgIpc) is 2.81. The lowest BCUT2D eigenvalue weighted by atomic mass is 10.1. The van der Waals surface area contributed by atoms with Crippen molar-refractivity contribution in [2.45, 2.75) is 6.10 Å². The summed E-state index contributed by atoms with van der Waals surface area (Å²) in [4.78, 5) is 7.35. The van der Waals surface area contributed by atoms with Crippen LogP contribution < -0.4 is 0 Å². The number of halogens is 1. The van der Waals surface area contributed by atoms with Crippen molar-refractivity contribution in [1.82, 2.24) is 9.97 Å². The minimum absolute atomic E-state index is 0.654. The number of pyridine rings is 1. The van der Waals surface area contributed by atoms with Gasteiger partial charge in [0.2, 0.25) is 0 Å². The Bertz CT molecular complexity index is 679. The second-order valence-corrected chi connectivity index (χ2v) is 5.01. The molecule has 0 aliphatic heterocycles. The lowest BCUT2D eigenvalue weighted by Gasteiger charge is -2.08. The van der Waals surface area contributed by atoms with Gasteiger partial charge >= 0.3 is 0 Å². The topological polar surface area (TPSA) is 48.9 Å². The molecule has 0 spiro atoms. The zero-order valence-electron chi connectivity index (χ0n) is 9.47. The van der Waals surface area contributed by atoms with Crippen LogP contribution in [0.2, 0.25) is 0 Å². The highest BCUT2D eigenvalue weighted by molar-refractivity contribution is 9.10. The van der Waals surface area contributed by atoms with Crippen molar-refractivity contribution in [3.63, 3.8) is 0 Å². The maximum absolute atomic E-state index is 10.4. The number of aliphatic hydroxyl groups excluding tert-OH is 1. The molecule has 0 fully saturated rings. The summed E-state index contributed by atoms with van der Waals surface area (Å²) < 4.78 is 1.01. The molecule has 2 N–H and O–H groups in total. The number of aliphatic hydroxyl groups is 1. The molecule has 0 aliphatic carbocycles. The van der Waals surface area contributed by atoms with Crippen LogP contribution in [-0.2, 0) is 0 Å². The van der Waals surface area contributed by atoms with Crippen LogP contribution in [0.5, 0.6) is 0 Å². The van der Waals surface area contributed by atoms with Crippen molar-refractivity contribution in [3.05, 3.63) is 64.5 Å². The van der Waals surface area contributed by atoms with E-state index in [4.69, 9.17) is 0 Å². The van der Waals surface area contributed by atoms with E-state index in [1.807, 2.05) is 42.6 Å². The fourth-order valence-corrected chi connectivity index (χ4v) is 2.41. The fraction of sp³-hybridized carbons (Fsp3) is 0.0714. The summed E-state index contributed by atoms with van der Waals surface area (Å²) in [5.74, 6) is 0. The number of H-pyrrole nitrogens is 1. The maximum atomic E-state index is 10.4. The van der Waals surface area contributed by atoms with Crippen LogP contribution in [0.15, 0.2) is 53.3 Å². The monoisotopic (exact) mass is 302 g/mol. The Hall–Kier alpha value is -1.65. The van der Waals surface area contributed by atoms with Gasteiger partial charge in [-0.05, 0) is 24.3 Å². The van der Waals surface area contributed by atoms with Crippen molar-refractivity contribution in [1.29, 1.82) is 0 Å². The van der Waals surface area contributed by atoms with E-state index in [1.165, 1.54) is 0 Å². The Kier molecular flexibility index (Phi) is 2.89. The third-order valence-corrected chi connectivity index (χ3v) is 3.43. The summed E-state index contributed by atoms with van der Waals surface area (Å²) >= 11 is 3.43. The number of nitrogens with one attached hydrogen (secondary N) is 1. The Morgan fingerprint density at radius 1 is 1.22 bits per heavy atom. The Balaban J connectivity index is 2.10. The number of hydrogen-bond acceptors (Lipinski definition) is 2. The van der Waals surface area contributed by atoms with Crippen LogP contribution in [0.4, 0.5) is 0 Å². The van der Waals surface area contributed by atoms with Crippen LogP contribution in [-0.4, -0.2) is 15.1 Å². The molecule has 1 aromatic carbocycles. The predicted octanol–water partition coefficient (Wildman–Crippen LogP) is 3.41. The van der Waals surface area contributed by atoms with Crippen LogP contribution in [0, 0.1) is 0 Å². The molecule has 2 aromatic heterocycles. The van der Waals surface area contributed by atoms with Gasteiger partial charge in [-0.3, -0.25) is 4.98 Å². The number of nitrogens with zero attached hydrogens (tertiary/aromatic N) is 1. The molecule has 0 saturated carbocycles. The van der Waals surface area contributed by atoms with Gasteiger partial charge in [0.25, 0.3) is 0 Å². The van der Waals surface area contributed by atoms with Crippen molar-refractivity contribution in [2.75, 3.05) is 0 Å². The van der Waals surface area contributed by atoms with Crippen molar-refractivity contribution in [2.24, 2.45) is 0 Å². The molecule has 0 radical (unpaired) electrons. The lowest BCUT2D eigenvalue weighted by Crippen LogP contribution is -2.00. The number of benzene rings is 1. The first-order chi connectivity index (χ1) is 8.75. The van der Waals surface area contributed by atoms with E-state index in [0.29, 0.717) is 5.69 Å². The van der Waals surface area contributed by atoms with Gasteiger partial charge in [-0.15, -0.1) is 0 Å². The summed E-state index contributed by atoms with van der Waals surface area (Å²) in [6.07, 6.45) is 2.81. The summed E-state index contributed by atoms with van der Waals surface area (Å²) in [6, 6.07) is 11.5. The second-order valence-electron chi connectivity index (χ2n) is 4.09. The highest BCUT2D eigenvalue weighted by atomic mass is 79.9. The van der Waals surface area contributed by atoms with Crippen LogP contribution in [0.25, 0.3) is 10.9 Å². The van der Waals surface area contributed by atoms with Crippen molar-refractivity contribution in [3.8, 4) is 0 Å². The summed E-state index contributed by atoms with van der Waals surface area (Å²) in [7, 11) is 0. The Morgan fingerprint density at radius 2 is 2.11 bits per heavy atom. The van der Waals surface area contributed by atoms with E-state index in [1.54, 1.807) is 6.20 Å². The van der Waals surface area contributed by atoms with Gasteiger partial charge < -0.3 is 10.1 Å². The largest absolute Gasteiger partial charge is 0.382 e. The van der Waals surface area contributed by atoms with Gasteiger partial charge in [0.05, 0.1) is 5.69 Å². The van der Waals surface area contributed by atoms with E-state index < -0.39 is 6.10 Å². The van der Waals surface area contributed by atoms with Gasteiger partial charge in [0.1, 0.15) is 6.10 Å². The third kappa shape index (κ3) is 1.94. The number of hydrogen-bond donors (Lipinski definition) is 2.